The molecule has 0 aliphatic carbocycles. The monoisotopic (exact) mass is 502 g/mol. The fraction of sp³-hybridized carbons (Fsp3) is 0.346. The third-order valence-corrected chi connectivity index (χ3v) is 5.38. The molecule has 192 valence electrons. The molecule has 3 aromatic rings. The number of carbonyl (C=O) groups excluding carboxylic acids is 2. The van der Waals surface area contributed by atoms with Gasteiger partial charge in [0.1, 0.15) is 0 Å². The molecule has 10 heteroatoms. The van der Waals surface area contributed by atoms with Gasteiger partial charge in [-0.05, 0) is 36.1 Å². The summed E-state index contributed by atoms with van der Waals surface area (Å²) in [7, 11) is 1.55. The molecule has 0 aliphatic heterocycles. The minimum atomic E-state index is -4.68. The second kappa shape index (κ2) is 11.7. The topological polar surface area (TPSA) is 85.2 Å². The lowest BCUT2D eigenvalue weighted by Gasteiger charge is -2.21. The number of nitrogens with one attached hydrogen (secondary N) is 2. The van der Waals surface area contributed by atoms with E-state index in [1.54, 1.807) is 7.05 Å². The molecule has 1 aromatic heterocycles. The molecule has 0 saturated heterocycles. The number of alkyl halides is 3. The Bertz CT molecular complexity index is 1180. The highest BCUT2D eigenvalue weighted by Crippen LogP contribution is 2.37. The van der Waals surface area contributed by atoms with Gasteiger partial charge in [0.2, 0.25) is 0 Å². The van der Waals surface area contributed by atoms with Gasteiger partial charge in [-0.25, -0.2) is 4.79 Å². The number of carbonyl (C=O) groups is 2. The van der Waals surface area contributed by atoms with Gasteiger partial charge in [0.05, 0.1) is 23.9 Å². The molecule has 7 nitrogen and oxygen atoms in total. The fourth-order valence-electron chi connectivity index (χ4n) is 3.62. The van der Waals surface area contributed by atoms with Crippen LogP contribution in [-0.2, 0) is 24.4 Å². The minimum Gasteiger partial charge on any atom is -0.449 e. The number of rotatable bonds is 9. The Labute approximate surface area is 207 Å². The van der Waals surface area contributed by atoms with E-state index >= 15 is 0 Å². The zero-order chi connectivity index (χ0) is 26.3. The number of hydrogen-bond acceptors (Lipinski definition) is 4. The molecule has 2 N–H and O–H groups in total. The Morgan fingerprint density at radius 1 is 1.08 bits per heavy atom. The van der Waals surface area contributed by atoms with Gasteiger partial charge in [-0.1, -0.05) is 50.2 Å². The number of halogens is 3. The van der Waals surface area contributed by atoms with Crippen LogP contribution in [0.3, 0.4) is 0 Å². The molecule has 3 rings (SSSR count). The van der Waals surface area contributed by atoms with Gasteiger partial charge in [0.25, 0.3) is 5.91 Å². The number of amides is 2. The second-order valence-corrected chi connectivity index (χ2v) is 8.83. The summed E-state index contributed by atoms with van der Waals surface area (Å²) < 4.78 is 48.1. The van der Waals surface area contributed by atoms with Crippen LogP contribution < -0.4 is 10.6 Å². The molecular weight excluding hydrogens is 473 g/mol. The quantitative estimate of drug-likeness (QED) is 0.439. The molecule has 36 heavy (non-hydrogen) atoms. The van der Waals surface area contributed by atoms with Crippen molar-refractivity contribution in [2.75, 3.05) is 13.2 Å². The summed E-state index contributed by atoms with van der Waals surface area (Å²) in [4.78, 5) is 25.0. The van der Waals surface area contributed by atoms with Gasteiger partial charge in [-0.3, -0.25) is 9.48 Å². The summed E-state index contributed by atoms with van der Waals surface area (Å²) in [5.41, 5.74) is 0.0138. The number of aromatic nitrogens is 2. The van der Waals surface area contributed by atoms with Crippen LogP contribution in [0, 0.1) is 5.92 Å². The van der Waals surface area contributed by atoms with Gasteiger partial charge in [-0.2, -0.15) is 18.3 Å². The highest BCUT2D eigenvalue weighted by atomic mass is 19.4. The van der Waals surface area contributed by atoms with Crippen LogP contribution in [0.5, 0.6) is 0 Å². The van der Waals surface area contributed by atoms with Crippen molar-refractivity contribution in [2.24, 2.45) is 13.0 Å². The van der Waals surface area contributed by atoms with Crippen LogP contribution in [0.15, 0.2) is 60.8 Å². The molecule has 2 amide bonds. The molecule has 1 atom stereocenters. The van der Waals surface area contributed by atoms with Crippen molar-refractivity contribution < 1.29 is 27.5 Å². The molecule has 0 aliphatic rings. The summed E-state index contributed by atoms with van der Waals surface area (Å²) in [6.07, 6.45) is -3.54. The molecular formula is C26H29F3N4O3. The molecule has 1 unspecified atom stereocenters. The predicted molar refractivity (Wildman–Crippen MR) is 129 cm³/mol. The van der Waals surface area contributed by atoms with E-state index in [1.165, 1.54) is 29.1 Å². The molecule has 0 fully saturated rings. The van der Waals surface area contributed by atoms with Crippen LogP contribution in [0.1, 0.15) is 35.3 Å². The Balaban J connectivity index is 1.81. The summed E-state index contributed by atoms with van der Waals surface area (Å²) in [6.45, 7) is 4.09. The average molecular weight is 503 g/mol. The van der Waals surface area contributed by atoms with Crippen LogP contribution in [0.25, 0.3) is 11.3 Å². The van der Waals surface area contributed by atoms with Crippen LogP contribution in [0.4, 0.5) is 18.0 Å². The van der Waals surface area contributed by atoms with Gasteiger partial charge in [0.15, 0.2) is 0 Å². The summed E-state index contributed by atoms with van der Waals surface area (Å²) in [6, 6.07) is 13.6. The normalized spacial score (nSPS) is 12.3. The zero-order valence-electron chi connectivity index (χ0n) is 20.3. The van der Waals surface area contributed by atoms with E-state index in [0.29, 0.717) is 6.42 Å². The van der Waals surface area contributed by atoms with E-state index in [1.807, 2.05) is 44.2 Å². The summed E-state index contributed by atoms with van der Waals surface area (Å²) in [5, 5.41) is 9.31. The van der Waals surface area contributed by atoms with Crippen LogP contribution >= 0.6 is 0 Å². The molecule has 1 heterocycles. The number of hydrogen-bond donors (Lipinski definition) is 2. The number of ether oxygens (including phenoxy) is 1. The summed E-state index contributed by atoms with van der Waals surface area (Å²) >= 11 is 0. The molecule has 0 bridgehead atoms. The van der Waals surface area contributed by atoms with E-state index in [9.17, 15) is 22.8 Å². The van der Waals surface area contributed by atoms with Crippen molar-refractivity contribution in [1.82, 2.24) is 20.4 Å². The van der Waals surface area contributed by atoms with E-state index in [0.717, 1.165) is 11.6 Å². The lowest BCUT2D eigenvalue weighted by Crippen LogP contribution is -2.45. The Morgan fingerprint density at radius 3 is 2.42 bits per heavy atom. The van der Waals surface area contributed by atoms with Crippen LogP contribution in [0.2, 0.25) is 0 Å². The van der Waals surface area contributed by atoms with Crippen molar-refractivity contribution >= 4 is 12.0 Å². The first kappa shape index (κ1) is 26.8. The maximum absolute atomic E-state index is 13.9. The third kappa shape index (κ3) is 7.34. The van der Waals surface area contributed by atoms with Crippen molar-refractivity contribution in [1.29, 1.82) is 0 Å². The van der Waals surface area contributed by atoms with Gasteiger partial charge in [0, 0.05) is 30.9 Å². The standard InChI is InChI=1S/C26H29F3N4O3/c1-17(2)16-36-25(35)30-15-20(13-18-7-5-4-6-8-18)32-24(34)19-9-10-21(22(14-19)26(27,28)29)23-11-12-31-33(23)3/h4-12,14,17,20H,13,15-16H2,1-3H3,(H,30,35)(H,32,34). The van der Waals surface area contributed by atoms with E-state index in [4.69, 9.17) is 4.74 Å². The van der Waals surface area contributed by atoms with Crippen molar-refractivity contribution in [2.45, 2.75) is 32.5 Å². The smallest absolute Gasteiger partial charge is 0.417 e. The second-order valence-electron chi connectivity index (χ2n) is 8.83. The van der Waals surface area contributed by atoms with Crippen molar-refractivity contribution in [3.8, 4) is 11.3 Å². The number of aryl methyl sites for hydroxylation is 1. The molecule has 0 spiro atoms. The maximum atomic E-state index is 13.9. The first-order chi connectivity index (χ1) is 17.0. The number of nitrogens with zero attached hydrogens (tertiary/aromatic N) is 2. The lowest BCUT2D eigenvalue weighted by molar-refractivity contribution is -0.137. The number of alkyl carbamates (subject to hydrolysis) is 1. The maximum Gasteiger partial charge on any atom is 0.417 e. The lowest BCUT2D eigenvalue weighted by atomic mass is 9.99. The number of benzene rings is 2. The zero-order valence-corrected chi connectivity index (χ0v) is 20.3. The highest BCUT2D eigenvalue weighted by molar-refractivity contribution is 5.95. The van der Waals surface area contributed by atoms with Gasteiger partial charge in [-0.15, -0.1) is 0 Å². The third-order valence-electron chi connectivity index (χ3n) is 5.38. The van der Waals surface area contributed by atoms with E-state index < -0.39 is 29.8 Å². The first-order valence-electron chi connectivity index (χ1n) is 11.5. The highest BCUT2D eigenvalue weighted by Gasteiger charge is 2.35. The Hall–Kier alpha value is -3.82. The minimum absolute atomic E-state index is 0.0385. The van der Waals surface area contributed by atoms with Crippen molar-refractivity contribution in [3.63, 3.8) is 0 Å². The SMILES string of the molecule is CC(C)COC(=O)NCC(Cc1ccccc1)NC(=O)c1ccc(-c2ccnn2C)c(C(F)(F)F)c1. The Morgan fingerprint density at radius 2 is 1.81 bits per heavy atom. The van der Waals surface area contributed by atoms with Crippen LogP contribution in [-0.4, -0.2) is 41.0 Å². The molecule has 2 aromatic carbocycles. The Kier molecular flexibility index (Phi) is 8.73. The largest absolute Gasteiger partial charge is 0.449 e. The van der Waals surface area contributed by atoms with E-state index in [2.05, 4.69) is 15.7 Å². The average Bonchev–Trinajstić information content (AvgIpc) is 3.26. The predicted octanol–water partition coefficient (Wildman–Crippen LogP) is 4.83. The molecule has 0 radical (unpaired) electrons. The van der Waals surface area contributed by atoms with Crippen molar-refractivity contribution in [3.05, 3.63) is 77.5 Å². The fourth-order valence-corrected chi connectivity index (χ4v) is 3.62. The van der Waals surface area contributed by atoms with E-state index in [-0.39, 0.29) is 35.9 Å². The first-order valence-corrected chi connectivity index (χ1v) is 11.5. The molecule has 0 saturated carbocycles. The summed E-state index contributed by atoms with van der Waals surface area (Å²) in [5.74, 6) is -0.525. The van der Waals surface area contributed by atoms with Gasteiger partial charge >= 0.3 is 12.3 Å². The van der Waals surface area contributed by atoms with Gasteiger partial charge < -0.3 is 15.4 Å².